The minimum Gasteiger partial charge on any atom is -0.423 e. The van der Waals surface area contributed by atoms with Crippen LogP contribution in [0.15, 0.2) is 22.6 Å². The topological polar surface area (TPSA) is 84.2 Å². The lowest BCUT2D eigenvalue weighted by molar-refractivity contribution is -0.116. The predicted octanol–water partition coefficient (Wildman–Crippen LogP) is 2.91. The van der Waals surface area contributed by atoms with Crippen molar-refractivity contribution in [3.05, 3.63) is 18.2 Å². The van der Waals surface area contributed by atoms with E-state index in [4.69, 9.17) is 4.42 Å². The second-order valence-electron chi connectivity index (χ2n) is 4.53. The fourth-order valence-electron chi connectivity index (χ4n) is 1.78. The van der Waals surface area contributed by atoms with Gasteiger partial charge in [-0.05, 0) is 18.6 Å². The zero-order valence-electron chi connectivity index (χ0n) is 11.5. The van der Waals surface area contributed by atoms with Crippen LogP contribution in [0.2, 0.25) is 0 Å². The van der Waals surface area contributed by atoms with Gasteiger partial charge in [-0.3, -0.25) is 14.9 Å². The monoisotopic (exact) mass is 275 g/mol. The molecule has 2 rings (SSSR count). The summed E-state index contributed by atoms with van der Waals surface area (Å²) in [6, 6.07) is 5.31. The first-order chi connectivity index (χ1) is 9.58. The van der Waals surface area contributed by atoms with Gasteiger partial charge in [-0.25, -0.2) is 0 Å². The maximum atomic E-state index is 11.6. The number of aromatic nitrogens is 1. The summed E-state index contributed by atoms with van der Waals surface area (Å²) in [7, 11) is 0. The van der Waals surface area contributed by atoms with Crippen LogP contribution in [0.4, 0.5) is 11.7 Å². The van der Waals surface area contributed by atoms with Gasteiger partial charge in [-0.15, -0.1) is 0 Å². The number of hydrogen-bond donors (Lipinski definition) is 2. The number of anilines is 2. The highest BCUT2D eigenvalue weighted by molar-refractivity contribution is 5.92. The number of carbonyl (C=O) groups excluding carboxylic acids is 2. The molecule has 1 aromatic carbocycles. The van der Waals surface area contributed by atoms with Gasteiger partial charge < -0.3 is 9.73 Å². The van der Waals surface area contributed by atoms with Crippen molar-refractivity contribution in [3.8, 4) is 0 Å². The van der Waals surface area contributed by atoms with Crippen LogP contribution in [-0.2, 0) is 9.59 Å². The van der Waals surface area contributed by atoms with E-state index in [9.17, 15) is 9.59 Å². The molecule has 0 spiro atoms. The second-order valence-corrected chi connectivity index (χ2v) is 4.53. The summed E-state index contributed by atoms with van der Waals surface area (Å²) in [5.41, 5.74) is 1.77. The highest BCUT2D eigenvalue weighted by atomic mass is 16.4. The number of rotatable bonds is 5. The van der Waals surface area contributed by atoms with Gasteiger partial charge in [0.1, 0.15) is 5.52 Å². The van der Waals surface area contributed by atoms with Crippen LogP contribution in [0.25, 0.3) is 11.1 Å². The Balaban J connectivity index is 2.12. The lowest BCUT2D eigenvalue weighted by Crippen LogP contribution is -2.10. The summed E-state index contributed by atoms with van der Waals surface area (Å²) in [4.78, 5) is 26.7. The van der Waals surface area contributed by atoms with Crippen molar-refractivity contribution in [1.82, 2.24) is 4.98 Å². The standard InChI is InChI=1S/C14H17N3O3/c1-3-4-5-13(19)17-14-16-11-7-6-10(15-9(2)18)8-12(11)20-14/h6-8H,3-5H2,1-2H3,(H,15,18)(H,16,17,19). The Morgan fingerprint density at radius 1 is 1.30 bits per heavy atom. The van der Waals surface area contributed by atoms with E-state index in [1.807, 2.05) is 6.92 Å². The van der Waals surface area contributed by atoms with Gasteiger partial charge in [0.15, 0.2) is 5.58 Å². The normalized spacial score (nSPS) is 10.5. The van der Waals surface area contributed by atoms with E-state index in [1.165, 1.54) is 6.92 Å². The Kier molecular flexibility index (Phi) is 4.34. The fraction of sp³-hybridized carbons (Fsp3) is 0.357. The molecule has 0 aliphatic rings. The number of amides is 2. The molecule has 2 amide bonds. The van der Waals surface area contributed by atoms with Gasteiger partial charge in [0.05, 0.1) is 0 Å². The van der Waals surface area contributed by atoms with E-state index in [0.717, 1.165) is 12.8 Å². The summed E-state index contributed by atoms with van der Waals surface area (Å²) in [5, 5.41) is 5.28. The zero-order valence-corrected chi connectivity index (χ0v) is 11.5. The van der Waals surface area contributed by atoms with E-state index in [2.05, 4.69) is 15.6 Å². The molecule has 0 bridgehead atoms. The Labute approximate surface area is 116 Å². The Morgan fingerprint density at radius 2 is 2.10 bits per heavy atom. The smallest absolute Gasteiger partial charge is 0.302 e. The summed E-state index contributed by atoms with van der Waals surface area (Å²) in [6.45, 7) is 3.46. The molecule has 0 saturated heterocycles. The lowest BCUT2D eigenvalue weighted by atomic mass is 10.2. The Bertz CT molecular complexity index is 634. The van der Waals surface area contributed by atoms with Crippen molar-refractivity contribution >= 4 is 34.6 Å². The van der Waals surface area contributed by atoms with Crippen LogP contribution in [-0.4, -0.2) is 16.8 Å². The van der Waals surface area contributed by atoms with Crippen molar-refractivity contribution in [2.45, 2.75) is 33.1 Å². The number of fused-ring (bicyclic) bond motifs is 1. The summed E-state index contributed by atoms with van der Waals surface area (Å²) in [5.74, 6) is -0.266. The van der Waals surface area contributed by atoms with Crippen molar-refractivity contribution in [1.29, 1.82) is 0 Å². The molecule has 0 saturated carbocycles. The summed E-state index contributed by atoms with van der Waals surface area (Å²) < 4.78 is 5.45. The third-order valence-electron chi connectivity index (χ3n) is 2.71. The number of hydrogen-bond acceptors (Lipinski definition) is 4. The minimum atomic E-state index is -0.156. The van der Waals surface area contributed by atoms with Crippen LogP contribution in [0, 0.1) is 0 Å². The SMILES string of the molecule is CCCCC(=O)Nc1nc2ccc(NC(C)=O)cc2o1. The van der Waals surface area contributed by atoms with E-state index < -0.39 is 0 Å². The molecule has 2 N–H and O–H groups in total. The van der Waals surface area contributed by atoms with E-state index in [1.54, 1.807) is 18.2 Å². The third-order valence-corrected chi connectivity index (χ3v) is 2.71. The first-order valence-corrected chi connectivity index (χ1v) is 6.56. The second kappa shape index (κ2) is 6.18. The van der Waals surface area contributed by atoms with Gasteiger partial charge in [0.25, 0.3) is 0 Å². The molecule has 106 valence electrons. The van der Waals surface area contributed by atoms with Crippen LogP contribution in [0.5, 0.6) is 0 Å². The van der Waals surface area contributed by atoms with Crippen molar-refractivity contribution < 1.29 is 14.0 Å². The summed E-state index contributed by atoms with van der Waals surface area (Å²) >= 11 is 0. The Morgan fingerprint density at radius 3 is 2.80 bits per heavy atom. The third kappa shape index (κ3) is 3.57. The van der Waals surface area contributed by atoms with Crippen LogP contribution in [0.1, 0.15) is 33.1 Å². The molecule has 0 unspecified atom stereocenters. The minimum absolute atomic E-state index is 0.111. The molecular formula is C14H17N3O3. The molecular weight excluding hydrogens is 258 g/mol. The van der Waals surface area contributed by atoms with Crippen molar-refractivity contribution in [2.75, 3.05) is 10.6 Å². The van der Waals surface area contributed by atoms with Crippen LogP contribution < -0.4 is 10.6 Å². The Hall–Kier alpha value is -2.37. The molecule has 6 nitrogen and oxygen atoms in total. The average molecular weight is 275 g/mol. The molecule has 0 fully saturated rings. The van der Waals surface area contributed by atoms with Crippen molar-refractivity contribution in [2.24, 2.45) is 0 Å². The zero-order chi connectivity index (χ0) is 14.5. The molecule has 0 aliphatic carbocycles. The predicted molar refractivity (Wildman–Crippen MR) is 76.5 cm³/mol. The molecule has 0 atom stereocenters. The first kappa shape index (κ1) is 14.0. The van der Waals surface area contributed by atoms with Crippen LogP contribution in [0.3, 0.4) is 0 Å². The van der Waals surface area contributed by atoms with E-state index in [0.29, 0.717) is 23.2 Å². The molecule has 6 heteroatoms. The molecule has 2 aromatic rings. The molecule has 1 heterocycles. The van der Waals surface area contributed by atoms with Gasteiger partial charge in [-0.1, -0.05) is 13.3 Å². The number of unbranched alkanes of at least 4 members (excludes halogenated alkanes) is 1. The highest BCUT2D eigenvalue weighted by Gasteiger charge is 2.09. The number of nitrogens with one attached hydrogen (secondary N) is 2. The van der Waals surface area contributed by atoms with Gasteiger partial charge >= 0.3 is 6.01 Å². The largest absolute Gasteiger partial charge is 0.423 e. The number of benzene rings is 1. The molecule has 1 aromatic heterocycles. The quantitative estimate of drug-likeness (QED) is 0.878. The van der Waals surface area contributed by atoms with Gasteiger partial charge in [0.2, 0.25) is 11.8 Å². The maximum Gasteiger partial charge on any atom is 0.302 e. The summed E-state index contributed by atoms with van der Waals surface area (Å²) in [6.07, 6.45) is 2.24. The van der Waals surface area contributed by atoms with Crippen molar-refractivity contribution in [3.63, 3.8) is 0 Å². The van der Waals surface area contributed by atoms with Gasteiger partial charge in [-0.2, -0.15) is 4.98 Å². The molecule has 0 aliphatic heterocycles. The average Bonchev–Trinajstić information content (AvgIpc) is 2.77. The number of carbonyl (C=O) groups is 2. The van der Waals surface area contributed by atoms with Gasteiger partial charge in [0, 0.05) is 25.1 Å². The fourth-order valence-corrected chi connectivity index (χ4v) is 1.78. The van der Waals surface area contributed by atoms with E-state index >= 15 is 0 Å². The highest BCUT2D eigenvalue weighted by Crippen LogP contribution is 2.22. The number of nitrogens with zero attached hydrogens (tertiary/aromatic N) is 1. The first-order valence-electron chi connectivity index (χ1n) is 6.56. The van der Waals surface area contributed by atoms with Crippen LogP contribution >= 0.6 is 0 Å². The molecule has 0 radical (unpaired) electrons. The number of oxazole rings is 1. The van der Waals surface area contributed by atoms with E-state index in [-0.39, 0.29) is 17.8 Å². The molecule has 20 heavy (non-hydrogen) atoms. The lowest BCUT2D eigenvalue weighted by Gasteiger charge is -1.99. The maximum absolute atomic E-state index is 11.6.